The van der Waals surface area contributed by atoms with Crippen LogP contribution in [0.1, 0.15) is 15.9 Å². The minimum Gasteiger partial charge on any atom is -0.478 e. The zero-order chi connectivity index (χ0) is 16.8. The van der Waals surface area contributed by atoms with Gasteiger partial charge in [0.2, 0.25) is 0 Å². The first-order chi connectivity index (χ1) is 11.7. The number of aliphatic imine (C=N–C) groups is 1. The maximum atomic E-state index is 11.5. The molecular formula is C18H14N4O2. The highest BCUT2D eigenvalue weighted by atomic mass is 16.4. The van der Waals surface area contributed by atoms with E-state index in [2.05, 4.69) is 20.3 Å². The molecule has 0 saturated heterocycles. The molecule has 6 nitrogen and oxygen atoms in total. The highest BCUT2D eigenvalue weighted by Crippen LogP contribution is 2.16. The lowest BCUT2D eigenvalue weighted by Crippen LogP contribution is -2.18. The summed E-state index contributed by atoms with van der Waals surface area (Å²) < 4.78 is 0. The van der Waals surface area contributed by atoms with Crippen LogP contribution >= 0.6 is 0 Å². The number of carbonyl (C=O) groups is 1. The monoisotopic (exact) mass is 318 g/mol. The molecule has 24 heavy (non-hydrogen) atoms. The Morgan fingerprint density at radius 2 is 1.54 bits per heavy atom. The first kappa shape index (κ1) is 15.4. The summed E-state index contributed by atoms with van der Waals surface area (Å²) in [5.41, 5.74) is 0.608. The summed E-state index contributed by atoms with van der Waals surface area (Å²) in [6.07, 6.45) is 3.27. The maximum absolute atomic E-state index is 11.5. The van der Waals surface area contributed by atoms with Gasteiger partial charge < -0.3 is 10.4 Å². The van der Waals surface area contributed by atoms with Gasteiger partial charge in [-0.2, -0.15) is 0 Å². The Morgan fingerprint density at radius 1 is 0.875 bits per heavy atom. The van der Waals surface area contributed by atoms with Gasteiger partial charge in [-0.3, -0.25) is 0 Å². The number of carboxylic acids is 1. The van der Waals surface area contributed by atoms with Crippen molar-refractivity contribution in [3.63, 3.8) is 0 Å². The van der Waals surface area contributed by atoms with E-state index in [4.69, 9.17) is 0 Å². The Kier molecular flexibility index (Phi) is 4.57. The molecule has 6 heteroatoms. The molecule has 0 unspecified atom stereocenters. The summed E-state index contributed by atoms with van der Waals surface area (Å²) >= 11 is 0. The largest absolute Gasteiger partial charge is 0.478 e. The lowest BCUT2D eigenvalue weighted by molar-refractivity contribution is 0.0696. The third-order valence-corrected chi connectivity index (χ3v) is 3.20. The highest BCUT2D eigenvalue weighted by molar-refractivity contribution is 6.14. The van der Waals surface area contributed by atoms with Gasteiger partial charge in [-0.15, -0.1) is 0 Å². The molecule has 3 aromatic rings. The Morgan fingerprint density at radius 3 is 2.17 bits per heavy atom. The van der Waals surface area contributed by atoms with E-state index >= 15 is 0 Å². The SMILES string of the molecule is O=C(O)c1ccccc1/C(=N\c1ccccn1)Nc1ccccn1. The van der Waals surface area contributed by atoms with E-state index in [1.54, 1.807) is 54.9 Å². The van der Waals surface area contributed by atoms with E-state index in [0.29, 0.717) is 23.0 Å². The molecule has 0 aliphatic heterocycles. The number of amidine groups is 1. The smallest absolute Gasteiger partial charge is 0.336 e. The first-order valence-electron chi connectivity index (χ1n) is 7.24. The quantitative estimate of drug-likeness (QED) is 0.569. The number of nitrogens with zero attached hydrogens (tertiary/aromatic N) is 3. The van der Waals surface area contributed by atoms with Crippen LogP contribution in [0.15, 0.2) is 78.0 Å². The zero-order valence-corrected chi connectivity index (χ0v) is 12.6. The number of aromatic carboxylic acids is 1. The molecule has 2 aromatic heterocycles. The number of hydrogen-bond donors (Lipinski definition) is 2. The van der Waals surface area contributed by atoms with E-state index in [9.17, 15) is 9.90 Å². The number of nitrogens with one attached hydrogen (secondary N) is 1. The van der Waals surface area contributed by atoms with Crippen molar-refractivity contribution in [2.24, 2.45) is 4.99 Å². The van der Waals surface area contributed by atoms with Gasteiger partial charge in [-0.05, 0) is 30.3 Å². The average Bonchev–Trinajstić information content (AvgIpc) is 2.63. The number of hydrogen-bond acceptors (Lipinski definition) is 4. The minimum absolute atomic E-state index is 0.149. The fourth-order valence-corrected chi connectivity index (χ4v) is 2.12. The predicted molar refractivity (Wildman–Crippen MR) is 91.7 cm³/mol. The van der Waals surface area contributed by atoms with Gasteiger partial charge in [0, 0.05) is 18.0 Å². The van der Waals surface area contributed by atoms with Gasteiger partial charge in [0.25, 0.3) is 0 Å². The molecule has 0 amide bonds. The van der Waals surface area contributed by atoms with Crippen LogP contribution in [-0.2, 0) is 0 Å². The fraction of sp³-hybridized carbons (Fsp3) is 0. The van der Waals surface area contributed by atoms with Crippen molar-refractivity contribution in [2.45, 2.75) is 0 Å². The average molecular weight is 318 g/mol. The third-order valence-electron chi connectivity index (χ3n) is 3.20. The summed E-state index contributed by atoms with van der Waals surface area (Å²) in [4.78, 5) is 24.3. The van der Waals surface area contributed by atoms with Crippen LogP contribution in [0.3, 0.4) is 0 Å². The summed E-state index contributed by atoms with van der Waals surface area (Å²) in [5.74, 6) is 0.371. The van der Waals surface area contributed by atoms with Gasteiger partial charge in [-0.25, -0.2) is 19.8 Å². The standard InChI is InChI=1S/C18H14N4O2/c23-18(24)14-8-2-1-7-13(14)17(21-15-9-3-5-11-19-15)22-16-10-4-6-12-20-16/h1-12H,(H,23,24)(H,19,20,21,22). The van der Waals surface area contributed by atoms with Crippen molar-refractivity contribution in [1.29, 1.82) is 0 Å². The van der Waals surface area contributed by atoms with Crippen LogP contribution < -0.4 is 5.32 Å². The van der Waals surface area contributed by atoms with Crippen LogP contribution in [0.2, 0.25) is 0 Å². The molecule has 3 rings (SSSR count). The van der Waals surface area contributed by atoms with Crippen LogP contribution in [0.25, 0.3) is 0 Å². The van der Waals surface area contributed by atoms with Crippen molar-refractivity contribution in [2.75, 3.05) is 5.32 Å². The Hall–Kier alpha value is -3.54. The number of anilines is 1. The van der Waals surface area contributed by atoms with E-state index in [1.165, 1.54) is 6.07 Å². The highest BCUT2D eigenvalue weighted by Gasteiger charge is 2.15. The van der Waals surface area contributed by atoms with Gasteiger partial charge >= 0.3 is 5.97 Å². The number of benzene rings is 1. The van der Waals surface area contributed by atoms with Crippen molar-refractivity contribution >= 4 is 23.4 Å². The van der Waals surface area contributed by atoms with Crippen molar-refractivity contribution in [3.05, 3.63) is 84.2 Å². The zero-order valence-electron chi connectivity index (χ0n) is 12.6. The second kappa shape index (κ2) is 7.15. The van der Waals surface area contributed by atoms with Gasteiger partial charge in [0.05, 0.1) is 5.56 Å². The molecule has 118 valence electrons. The van der Waals surface area contributed by atoms with E-state index in [0.717, 1.165) is 0 Å². The fourth-order valence-electron chi connectivity index (χ4n) is 2.12. The van der Waals surface area contributed by atoms with Crippen LogP contribution in [0, 0.1) is 0 Å². The molecule has 0 radical (unpaired) electrons. The number of pyridine rings is 2. The molecule has 1 aromatic carbocycles. The Balaban J connectivity index is 2.09. The molecule has 2 N–H and O–H groups in total. The summed E-state index contributed by atoms with van der Waals surface area (Å²) in [7, 11) is 0. The topological polar surface area (TPSA) is 87.5 Å². The molecule has 0 spiro atoms. The summed E-state index contributed by atoms with van der Waals surface area (Å²) in [6, 6.07) is 17.4. The van der Waals surface area contributed by atoms with Crippen molar-refractivity contribution < 1.29 is 9.90 Å². The van der Waals surface area contributed by atoms with Crippen LogP contribution in [-0.4, -0.2) is 26.9 Å². The second-order valence-corrected chi connectivity index (χ2v) is 4.84. The number of aromatic nitrogens is 2. The normalized spacial score (nSPS) is 11.1. The summed E-state index contributed by atoms with van der Waals surface area (Å²) in [5, 5.41) is 12.5. The Labute approximate surface area is 138 Å². The van der Waals surface area contributed by atoms with Crippen LogP contribution in [0.4, 0.5) is 11.6 Å². The molecule has 2 heterocycles. The first-order valence-corrected chi connectivity index (χ1v) is 7.24. The van der Waals surface area contributed by atoms with Gasteiger partial charge in [0.15, 0.2) is 5.82 Å². The van der Waals surface area contributed by atoms with Gasteiger partial charge in [0.1, 0.15) is 11.7 Å². The second-order valence-electron chi connectivity index (χ2n) is 4.84. The van der Waals surface area contributed by atoms with Crippen molar-refractivity contribution in [3.8, 4) is 0 Å². The van der Waals surface area contributed by atoms with E-state index in [-0.39, 0.29) is 5.56 Å². The number of rotatable bonds is 4. The molecular weight excluding hydrogens is 304 g/mol. The lowest BCUT2D eigenvalue weighted by atomic mass is 10.1. The van der Waals surface area contributed by atoms with Gasteiger partial charge in [-0.1, -0.05) is 30.3 Å². The minimum atomic E-state index is -1.03. The molecule has 0 aliphatic rings. The Bertz CT molecular complexity index is 864. The lowest BCUT2D eigenvalue weighted by Gasteiger charge is -2.11. The van der Waals surface area contributed by atoms with E-state index < -0.39 is 5.97 Å². The summed E-state index contributed by atoms with van der Waals surface area (Å²) in [6.45, 7) is 0. The third kappa shape index (κ3) is 3.61. The molecule has 0 fully saturated rings. The van der Waals surface area contributed by atoms with E-state index in [1.807, 2.05) is 12.1 Å². The molecule has 0 bridgehead atoms. The maximum Gasteiger partial charge on any atom is 0.336 e. The predicted octanol–water partition coefficient (Wildman–Crippen LogP) is 3.37. The molecule has 0 saturated carbocycles. The number of carboxylic acid groups (broad SMARTS) is 1. The molecule has 0 atom stereocenters. The van der Waals surface area contributed by atoms with Crippen molar-refractivity contribution in [1.82, 2.24) is 9.97 Å². The molecule has 0 aliphatic carbocycles. The van der Waals surface area contributed by atoms with Crippen LogP contribution in [0.5, 0.6) is 0 Å².